The molecule has 0 saturated carbocycles. The zero-order valence-corrected chi connectivity index (χ0v) is 14.3. The van der Waals surface area contributed by atoms with Crippen molar-refractivity contribution in [3.8, 4) is 0 Å². The van der Waals surface area contributed by atoms with E-state index in [0.29, 0.717) is 5.56 Å². The molecule has 0 spiro atoms. The summed E-state index contributed by atoms with van der Waals surface area (Å²) < 4.78 is 39.8. The molecule has 0 bridgehead atoms. The lowest BCUT2D eigenvalue weighted by molar-refractivity contribution is -0.138. The highest BCUT2D eigenvalue weighted by atomic mass is 79.9. The van der Waals surface area contributed by atoms with E-state index in [9.17, 15) is 13.2 Å². The summed E-state index contributed by atoms with van der Waals surface area (Å²) in [6.07, 6.45) is -4.38. The standard InChI is InChI=1S/C13H10Br2F3NS/c1-19-11(12-10(15)4-5-20-12)7-2-3-9(14)8(6-7)13(16,17)18/h2-6,11,19H,1H3. The van der Waals surface area contributed by atoms with E-state index in [1.165, 1.54) is 23.5 Å². The number of rotatable bonds is 3. The lowest BCUT2D eigenvalue weighted by Crippen LogP contribution is -2.18. The molecule has 1 unspecified atom stereocenters. The lowest BCUT2D eigenvalue weighted by atomic mass is 10.0. The van der Waals surface area contributed by atoms with Crippen molar-refractivity contribution in [2.24, 2.45) is 0 Å². The third kappa shape index (κ3) is 3.27. The van der Waals surface area contributed by atoms with Gasteiger partial charge in [0, 0.05) is 13.8 Å². The van der Waals surface area contributed by atoms with Gasteiger partial charge in [0.1, 0.15) is 0 Å². The average Bonchev–Trinajstić information content (AvgIpc) is 2.77. The fourth-order valence-electron chi connectivity index (χ4n) is 1.90. The predicted molar refractivity (Wildman–Crippen MR) is 82.1 cm³/mol. The van der Waals surface area contributed by atoms with Crippen LogP contribution in [0, 0.1) is 0 Å². The third-order valence-corrected chi connectivity index (χ3v) is 5.45. The fourth-order valence-corrected chi connectivity index (χ4v) is 4.11. The van der Waals surface area contributed by atoms with Crippen LogP contribution in [0.5, 0.6) is 0 Å². The van der Waals surface area contributed by atoms with Gasteiger partial charge in [0.05, 0.1) is 11.6 Å². The van der Waals surface area contributed by atoms with E-state index < -0.39 is 11.7 Å². The van der Waals surface area contributed by atoms with Crippen LogP contribution in [0.2, 0.25) is 0 Å². The first-order valence-electron chi connectivity index (χ1n) is 5.61. The quantitative estimate of drug-likeness (QED) is 0.670. The van der Waals surface area contributed by atoms with Gasteiger partial charge < -0.3 is 5.32 Å². The van der Waals surface area contributed by atoms with E-state index in [1.54, 1.807) is 13.1 Å². The van der Waals surface area contributed by atoms with Crippen LogP contribution in [0.15, 0.2) is 38.6 Å². The molecule has 1 N–H and O–H groups in total. The minimum absolute atomic E-state index is 0.0499. The molecule has 0 aliphatic rings. The Labute approximate surface area is 135 Å². The molecule has 1 aromatic heterocycles. The van der Waals surface area contributed by atoms with Gasteiger partial charge in [0.25, 0.3) is 0 Å². The second-order valence-electron chi connectivity index (χ2n) is 4.09. The molecule has 1 atom stereocenters. The van der Waals surface area contributed by atoms with Crippen molar-refractivity contribution < 1.29 is 13.2 Å². The summed E-state index contributed by atoms with van der Waals surface area (Å²) >= 11 is 7.86. The Morgan fingerprint density at radius 1 is 1.15 bits per heavy atom. The second kappa shape index (κ2) is 6.17. The summed E-state index contributed by atoms with van der Waals surface area (Å²) in [5.74, 6) is 0. The molecular formula is C13H10Br2F3NS. The van der Waals surface area contributed by atoms with Crippen LogP contribution in [0.4, 0.5) is 13.2 Å². The van der Waals surface area contributed by atoms with Crippen LogP contribution in [-0.2, 0) is 6.18 Å². The number of nitrogens with one attached hydrogen (secondary N) is 1. The van der Waals surface area contributed by atoms with Crippen molar-refractivity contribution >= 4 is 43.2 Å². The number of halogens is 5. The molecule has 1 heterocycles. The molecule has 7 heteroatoms. The Hall–Kier alpha value is -0.370. The Bertz CT molecular complexity index is 610. The van der Waals surface area contributed by atoms with Gasteiger partial charge in [-0.25, -0.2) is 0 Å². The van der Waals surface area contributed by atoms with Crippen molar-refractivity contribution in [3.05, 3.63) is 54.6 Å². The molecule has 2 aromatic rings. The number of alkyl halides is 3. The molecule has 20 heavy (non-hydrogen) atoms. The van der Waals surface area contributed by atoms with Gasteiger partial charge in [-0.3, -0.25) is 0 Å². The van der Waals surface area contributed by atoms with Crippen LogP contribution >= 0.6 is 43.2 Å². The maximum absolute atomic E-state index is 13.0. The Kier molecular flexibility index (Phi) is 4.94. The largest absolute Gasteiger partial charge is 0.417 e. The van der Waals surface area contributed by atoms with Gasteiger partial charge in [-0.05, 0) is 52.1 Å². The predicted octanol–water partition coefficient (Wildman–Crippen LogP) is 5.60. The Morgan fingerprint density at radius 3 is 2.35 bits per heavy atom. The number of benzene rings is 1. The lowest BCUT2D eigenvalue weighted by Gasteiger charge is -2.18. The zero-order chi connectivity index (χ0) is 14.9. The molecule has 0 amide bonds. The number of hydrogen-bond donors (Lipinski definition) is 1. The van der Waals surface area contributed by atoms with E-state index in [4.69, 9.17) is 0 Å². The summed E-state index contributed by atoms with van der Waals surface area (Å²) in [4.78, 5) is 0.947. The van der Waals surface area contributed by atoms with Gasteiger partial charge in [-0.15, -0.1) is 11.3 Å². The van der Waals surface area contributed by atoms with Crippen LogP contribution < -0.4 is 5.32 Å². The second-order valence-corrected chi connectivity index (χ2v) is 6.75. The van der Waals surface area contributed by atoms with Crippen LogP contribution in [0.3, 0.4) is 0 Å². The molecule has 0 fully saturated rings. The minimum atomic E-state index is -4.38. The Morgan fingerprint density at radius 2 is 1.85 bits per heavy atom. The van der Waals surface area contributed by atoms with Crippen LogP contribution in [-0.4, -0.2) is 7.05 Å². The van der Waals surface area contributed by atoms with Crippen molar-refractivity contribution in [3.63, 3.8) is 0 Å². The van der Waals surface area contributed by atoms with Gasteiger partial charge in [-0.2, -0.15) is 13.2 Å². The van der Waals surface area contributed by atoms with Crippen molar-refractivity contribution in [1.29, 1.82) is 0 Å². The Balaban J connectivity index is 2.49. The smallest absolute Gasteiger partial charge is 0.309 e. The highest BCUT2D eigenvalue weighted by Crippen LogP contribution is 2.39. The summed E-state index contributed by atoms with van der Waals surface area (Å²) in [6.45, 7) is 0. The summed E-state index contributed by atoms with van der Waals surface area (Å²) in [7, 11) is 1.73. The maximum atomic E-state index is 13.0. The molecule has 0 radical (unpaired) electrons. The van der Waals surface area contributed by atoms with Gasteiger partial charge >= 0.3 is 6.18 Å². The van der Waals surface area contributed by atoms with E-state index >= 15 is 0 Å². The van der Waals surface area contributed by atoms with Crippen molar-refractivity contribution in [1.82, 2.24) is 5.32 Å². The summed E-state index contributed by atoms with van der Waals surface area (Å²) in [5.41, 5.74) is -0.0888. The highest BCUT2D eigenvalue weighted by Gasteiger charge is 2.33. The van der Waals surface area contributed by atoms with E-state index in [-0.39, 0.29) is 10.5 Å². The maximum Gasteiger partial charge on any atom is 0.417 e. The van der Waals surface area contributed by atoms with Gasteiger partial charge in [-0.1, -0.05) is 22.0 Å². The van der Waals surface area contributed by atoms with Crippen molar-refractivity contribution in [2.75, 3.05) is 7.05 Å². The summed E-state index contributed by atoms with van der Waals surface area (Å²) in [5, 5.41) is 4.95. The molecule has 0 aliphatic carbocycles. The molecule has 0 aliphatic heterocycles. The molecular weight excluding hydrogens is 419 g/mol. The topological polar surface area (TPSA) is 12.0 Å². The summed E-state index contributed by atoms with van der Waals surface area (Å²) in [6, 6.07) is 5.90. The molecule has 2 rings (SSSR count). The SMILES string of the molecule is CNC(c1ccc(Br)c(C(F)(F)F)c1)c1sccc1Br. The van der Waals surface area contributed by atoms with Gasteiger partial charge in [0.15, 0.2) is 0 Å². The first-order chi connectivity index (χ1) is 9.34. The first-order valence-corrected chi connectivity index (χ1v) is 8.08. The molecule has 108 valence electrons. The molecule has 1 aromatic carbocycles. The van der Waals surface area contributed by atoms with Gasteiger partial charge in [0.2, 0.25) is 0 Å². The molecule has 1 nitrogen and oxygen atoms in total. The molecule has 0 saturated heterocycles. The minimum Gasteiger partial charge on any atom is -0.309 e. The monoisotopic (exact) mass is 427 g/mol. The van der Waals surface area contributed by atoms with Crippen LogP contribution in [0.1, 0.15) is 22.0 Å². The normalized spacial score (nSPS) is 13.5. The number of thiophene rings is 1. The van der Waals surface area contributed by atoms with Crippen LogP contribution in [0.25, 0.3) is 0 Å². The fraction of sp³-hybridized carbons (Fsp3) is 0.231. The first kappa shape index (κ1) is 16.0. The number of hydrogen-bond acceptors (Lipinski definition) is 2. The highest BCUT2D eigenvalue weighted by molar-refractivity contribution is 9.10. The van der Waals surface area contributed by atoms with Crippen molar-refractivity contribution in [2.45, 2.75) is 12.2 Å². The average molecular weight is 429 g/mol. The zero-order valence-electron chi connectivity index (χ0n) is 10.3. The van der Waals surface area contributed by atoms with E-state index in [2.05, 4.69) is 37.2 Å². The third-order valence-electron chi connectivity index (χ3n) is 2.82. The van der Waals surface area contributed by atoms with E-state index in [1.807, 2.05) is 11.4 Å². The van der Waals surface area contributed by atoms with E-state index in [0.717, 1.165) is 9.35 Å².